The van der Waals surface area contributed by atoms with Crippen molar-refractivity contribution >= 4 is 23.9 Å². The van der Waals surface area contributed by atoms with Crippen LogP contribution in [0.2, 0.25) is 0 Å². The Morgan fingerprint density at radius 3 is 1.24 bits per heavy atom. The van der Waals surface area contributed by atoms with Crippen molar-refractivity contribution in [3.8, 4) is 0 Å². The second kappa shape index (κ2) is 19.2. The van der Waals surface area contributed by atoms with E-state index in [9.17, 15) is 19.2 Å². The van der Waals surface area contributed by atoms with Gasteiger partial charge in [-0.25, -0.2) is 0 Å². The molecule has 34 heavy (non-hydrogen) atoms. The summed E-state index contributed by atoms with van der Waals surface area (Å²) in [6.07, 6.45) is 15.5. The molecule has 0 N–H and O–H groups in total. The molecule has 8 heteroatoms. The van der Waals surface area contributed by atoms with Gasteiger partial charge in [-0.15, -0.1) is 0 Å². The van der Waals surface area contributed by atoms with Gasteiger partial charge in [0.15, 0.2) is 0 Å². The molecular weight excluding hydrogens is 440 g/mol. The van der Waals surface area contributed by atoms with Crippen LogP contribution in [0.3, 0.4) is 0 Å². The molecule has 0 spiro atoms. The summed E-state index contributed by atoms with van der Waals surface area (Å²) in [5, 5.41) is 0. The van der Waals surface area contributed by atoms with Gasteiger partial charge in [-0.1, -0.05) is 84.0 Å². The number of rotatable bonds is 20. The Bertz CT molecular complexity index is 561. The van der Waals surface area contributed by atoms with Gasteiger partial charge < -0.3 is 18.9 Å². The number of carbonyl (C=O) groups excluding carboxylic acids is 4. The summed E-state index contributed by atoms with van der Waals surface area (Å²) in [4.78, 5) is 45.6. The first-order valence-corrected chi connectivity index (χ1v) is 12.8. The van der Waals surface area contributed by atoms with Crippen LogP contribution in [0.25, 0.3) is 0 Å². The summed E-state index contributed by atoms with van der Waals surface area (Å²) in [5.74, 6) is -4.13. The van der Waals surface area contributed by atoms with Crippen LogP contribution in [-0.2, 0) is 38.1 Å². The van der Waals surface area contributed by atoms with Crippen molar-refractivity contribution < 1.29 is 38.1 Å². The van der Waals surface area contributed by atoms with Crippen LogP contribution in [0, 0.1) is 5.92 Å². The fourth-order valence-electron chi connectivity index (χ4n) is 3.93. The smallest absolute Gasteiger partial charge is 0.423 e. The molecule has 0 aromatic carbocycles. The van der Waals surface area contributed by atoms with Gasteiger partial charge >= 0.3 is 29.9 Å². The highest BCUT2D eigenvalue weighted by atomic mass is 16.9. The molecule has 8 nitrogen and oxygen atoms in total. The lowest BCUT2D eigenvalue weighted by atomic mass is 10.0. The van der Waals surface area contributed by atoms with Crippen LogP contribution in [-0.4, -0.2) is 37.0 Å². The average Bonchev–Trinajstić information content (AvgIpc) is 2.74. The third-order valence-corrected chi connectivity index (χ3v) is 5.62. The number of carbonyl (C=O) groups is 4. The normalized spacial score (nSPS) is 12.0. The fraction of sp³-hybridized carbons (Fsp3) is 0.846. The highest BCUT2D eigenvalue weighted by Gasteiger charge is 2.41. The summed E-state index contributed by atoms with van der Waals surface area (Å²) in [5.41, 5.74) is 0. The van der Waals surface area contributed by atoms with Gasteiger partial charge in [-0.3, -0.25) is 19.2 Å². The number of hydrogen-bond donors (Lipinski definition) is 0. The SMILES string of the molecule is COC(=O)C(C)CCCCCCCCCCCCCCCC(OC(C)=O)(OC(C)=O)OC(C)=O. The maximum Gasteiger partial charge on any atom is 0.423 e. The van der Waals surface area contributed by atoms with Crippen LogP contribution in [0.1, 0.15) is 124 Å². The molecular formula is C26H46O8. The van der Waals surface area contributed by atoms with E-state index in [0.717, 1.165) is 32.1 Å². The summed E-state index contributed by atoms with van der Waals surface area (Å²) in [6.45, 7) is 5.45. The molecule has 0 bridgehead atoms. The van der Waals surface area contributed by atoms with Crippen LogP contribution in [0.5, 0.6) is 0 Å². The van der Waals surface area contributed by atoms with Crippen LogP contribution in [0.4, 0.5) is 0 Å². The van der Waals surface area contributed by atoms with E-state index in [4.69, 9.17) is 18.9 Å². The minimum atomic E-state index is -1.97. The summed E-state index contributed by atoms with van der Waals surface area (Å²) < 4.78 is 19.9. The highest BCUT2D eigenvalue weighted by Crippen LogP contribution is 2.25. The lowest BCUT2D eigenvalue weighted by Gasteiger charge is -2.30. The molecule has 0 aromatic heterocycles. The number of methoxy groups -OCH3 is 1. The Hall–Kier alpha value is -2.12. The van der Waals surface area contributed by atoms with Gasteiger partial charge in [0.05, 0.1) is 19.4 Å². The van der Waals surface area contributed by atoms with Crippen molar-refractivity contribution in [2.24, 2.45) is 5.92 Å². The number of hydrogen-bond acceptors (Lipinski definition) is 8. The topological polar surface area (TPSA) is 105 Å². The Morgan fingerprint density at radius 2 is 0.912 bits per heavy atom. The van der Waals surface area contributed by atoms with E-state index in [-0.39, 0.29) is 18.3 Å². The van der Waals surface area contributed by atoms with Crippen LogP contribution < -0.4 is 0 Å². The Kier molecular flexibility index (Phi) is 18.0. The van der Waals surface area contributed by atoms with Gasteiger partial charge in [0.2, 0.25) is 0 Å². The third-order valence-electron chi connectivity index (χ3n) is 5.62. The zero-order valence-corrected chi connectivity index (χ0v) is 21.9. The van der Waals surface area contributed by atoms with Crippen molar-refractivity contribution in [1.29, 1.82) is 0 Å². The molecule has 0 aliphatic heterocycles. The summed E-state index contributed by atoms with van der Waals surface area (Å²) in [6, 6.07) is 0. The largest absolute Gasteiger partial charge is 0.469 e. The molecule has 0 aromatic rings. The first-order chi connectivity index (χ1) is 16.1. The van der Waals surface area contributed by atoms with E-state index in [1.54, 1.807) is 0 Å². The molecule has 0 heterocycles. The summed E-state index contributed by atoms with van der Waals surface area (Å²) in [7, 11) is 1.44. The molecule has 0 radical (unpaired) electrons. The van der Waals surface area contributed by atoms with E-state index in [1.165, 1.54) is 79.2 Å². The Morgan fingerprint density at radius 1 is 0.588 bits per heavy atom. The molecule has 0 aliphatic rings. The predicted octanol–water partition coefficient (Wildman–Crippen LogP) is 5.99. The minimum absolute atomic E-state index is 0.00386. The van der Waals surface area contributed by atoms with Gasteiger partial charge in [0.1, 0.15) is 0 Å². The number of unbranched alkanes of at least 4 members (excludes halogenated alkanes) is 12. The molecule has 1 unspecified atom stereocenters. The van der Waals surface area contributed by atoms with Crippen molar-refractivity contribution in [1.82, 2.24) is 0 Å². The molecule has 198 valence electrons. The molecule has 0 aliphatic carbocycles. The summed E-state index contributed by atoms with van der Waals surface area (Å²) >= 11 is 0. The molecule has 0 saturated carbocycles. The fourth-order valence-corrected chi connectivity index (χ4v) is 3.93. The quantitative estimate of drug-likeness (QED) is 0.117. The third kappa shape index (κ3) is 17.4. The second-order valence-electron chi connectivity index (χ2n) is 9.02. The van der Waals surface area contributed by atoms with E-state index in [1.807, 2.05) is 6.92 Å². The van der Waals surface area contributed by atoms with Gasteiger partial charge in [0, 0.05) is 20.8 Å². The first kappa shape index (κ1) is 31.9. The Balaban J connectivity index is 3.80. The van der Waals surface area contributed by atoms with Crippen LogP contribution in [0.15, 0.2) is 0 Å². The average molecular weight is 487 g/mol. The lowest BCUT2D eigenvalue weighted by molar-refractivity contribution is -0.330. The van der Waals surface area contributed by atoms with E-state index in [2.05, 4.69) is 0 Å². The maximum absolute atomic E-state index is 11.4. The first-order valence-electron chi connectivity index (χ1n) is 12.8. The number of ether oxygens (including phenoxy) is 4. The molecule has 0 rings (SSSR count). The van der Waals surface area contributed by atoms with E-state index >= 15 is 0 Å². The van der Waals surface area contributed by atoms with Crippen molar-refractivity contribution in [3.63, 3.8) is 0 Å². The molecule has 0 fully saturated rings. The maximum atomic E-state index is 11.4. The van der Waals surface area contributed by atoms with Gasteiger partial charge in [-0.05, 0) is 12.8 Å². The highest BCUT2D eigenvalue weighted by molar-refractivity contribution is 5.71. The van der Waals surface area contributed by atoms with Gasteiger partial charge in [-0.2, -0.15) is 0 Å². The lowest BCUT2D eigenvalue weighted by Crippen LogP contribution is -2.43. The number of esters is 4. The van der Waals surface area contributed by atoms with Crippen molar-refractivity contribution in [3.05, 3.63) is 0 Å². The monoisotopic (exact) mass is 486 g/mol. The van der Waals surface area contributed by atoms with Crippen molar-refractivity contribution in [2.75, 3.05) is 7.11 Å². The van der Waals surface area contributed by atoms with Crippen LogP contribution >= 0.6 is 0 Å². The second-order valence-corrected chi connectivity index (χ2v) is 9.02. The standard InChI is InChI=1S/C26H46O8/c1-21(25(30)31-5)19-17-15-13-11-9-7-6-8-10-12-14-16-18-20-26(32-22(2)27,33-23(3)28)34-24(4)29/h21H,6-20H2,1-5H3. The molecule has 1 atom stereocenters. The van der Waals surface area contributed by atoms with Gasteiger partial charge in [0.25, 0.3) is 0 Å². The van der Waals surface area contributed by atoms with Crippen molar-refractivity contribution in [2.45, 2.75) is 130 Å². The molecule has 0 saturated heterocycles. The van der Waals surface area contributed by atoms with E-state index < -0.39 is 23.9 Å². The molecule has 0 amide bonds. The zero-order valence-electron chi connectivity index (χ0n) is 21.9. The predicted molar refractivity (Wildman–Crippen MR) is 128 cm³/mol. The Labute approximate surface area is 205 Å². The zero-order chi connectivity index (χ0) is 25.8. The minimum Gasteiger partial charge on any atom is -0.469 e. The van der Waals surface area contributed by atoms with E-state index in [0.29, 0.717) is 6.42 Å².